The van der Waals surface area contributed by atoms with Crippen molar-refractivity contribution in [1.29, 1.82) is 0 Å². The molecule has 19 heavy (non-hydrogen) atoms. The highest BCUT2D eigenvalue weighted by Gasteiger charge is 2.23. The summed E-state index contributed by atoms with van der Waals surface area (Å²) in [5.41, 5.74) is 0.634. The van der Waals surface area contributed by atoms with Crippen LogP contribution in [0.15, 0.2) is 18.2 Å². The Balaban J connectivity index is 2.05. The molecule has 1 fully saturated rings. The molecule has 1 N–H and O–H groups in total. The lowest BCUT2D eigenvalue weighted by Gasteiger charge is -2.21. The van der Waals surface area contributed by atoms with Crippen molar-refractivity contribution in [2.45, 2.75) is 43.0 Å². The third kappa shape index (κ3) is 4.33. The lowest BCUT2D eigenvalue weighted by molar-refractivity contribution is 0.0935. The minimum atomic E-state index is -0.0327. The number of alkyl halides is 1. The second kappa shape index (κ2) is 7.27. The Labute approximate surface area is 140 Å². The van der Waals surface area contributed by atoms with E-state index < -0.39 is 0 Å². The second-order valence-electron chi connectivity index (χ2n) is 4.86. The molecule has 1 aromatic rings. The van der Waals surface area contributed by atoms with Gasteiger partial charge < -0.3 is 5.32 Å². The van der Waals surface area contributed by atoms with E-state index in [-0.39, 0.29) is 11.9 Å². The zero-order chi connectivity index (χ0) is 13.8. The number of halogens is 3. The van der Waals surface area contributed by atoms with E-state index in [0.29, 0.717) is 15.4 Å². The van der Waals surface area contributed by atoms with E-state index in [9.17, 15) is 4.79 Å². The molecule has 0 aromatic heterocycles. The molecular weight excluding hydrogens is 440 g/mol. The number of nitrogens with one attached hydrogen (secondary N) is 1. The summed E-state index contributed by atoms with van der Waals surface area (Å²) in [6, 6.07) is 5.64. The molecule has 1 aliphatic carbocycles. The fourth-order valence-electron chi connectivity index (χ4n) is 2.31. The van der Waals surface area contributed by atoms with Crippen molar-refractivity contribution < 1.29 is 4.79 Å². The van der Waals surface area contributed by atoms with E-state index in [1.165, 1.54) is 19.3 Å². The van der Waals surface area contributed by atoms with E-state index in [1.54, 1.807) is 6.07 Å². The molecule has 0 radical (unpaired) electrons. The molecule has 1 saturated carbocycles. The van der Waals surface area contributed by atoms with E-state index in [0.717, 1.165) is 16.4 Å². The zero-order valence-electron chi connectivity index (χ0n) is 10.5. The van der Waals surface area contributed by atoms with Crippen LogP contribution < -0.4 is 5.32 Å². The lowest BCUT2D eigenvalue weighted by Crippen LogP contribution is -2.40. The van der Waals surface area contributed by atoms with Gasteiger partial charge in [0, 0.05) is 20.0 Å². The van der Waals surface area contributed by atoms with Crippen molar-refractivity contribution in [2.75, 3.05) is 0 Å². The highest BCUT2D eigenvalue weighted by atomic mass is 127. The zero-order valence-corrected chi connectivity index (χ0v) is 15.0. The van der Waals surface area contributed by atoms with Crippen molar-refractivity contribution in [3.8, 4) is 0 Å². The first-order valence-electron chi connectivity index (χ1n) is 6.48. The molecule has 0 heterocycles. The molecule has 104 valence electrons. The van der Waals surface area contributed by atoms with E-state index in [1.807, 2.05) is 12.1 Å². The predicted octanol–water partition coefficient (Wildman–Crippen LogP) is 4.77. The Morgan fingerprint density at radius 2 is 2.05 bits per heavy atom. The molecule has 1 amide bonds. The average molecular weight is 457 g/mol. The summed E-state index contributed by atoms with van der Waals surface area (Å²) in [6.07, 6.45) is 5.83. The van der Waals surface area contributed by atoms with Crippen molar-refractivity contribution in [2.24, 2.45) is 0 Å². The molecule has 5 heteroatoms. The fraction of sp³-hybridized carbons (Fsp3) is 0.500. The van der Waals surface area contributed by atoms with Gasteiger partial charge in [-0.3, -0.25) is 4.79 Å². The number of hydrogen-bond donors (Lipinski definition) is 1. The Morgan fingerprint density at radius 1 is 1.32 bits per heavy atom. The molecule has 0 bridgehead atoms. The maximum atomic E-state index is 12.2. The second-order valence-corrected chi connectivity index (χ2v) is 7.61. The molecule has 0 spiro atoms. The van der Waals surface area contributed by atoms with Gasteiger partial charge >= 0.3 is 0 Å². The first-order valence-corrected chi connectivity index (χ1v) is 8.85. The van der Waals surface area contributed by atoms with Crippen molar-refractivity contribution in [1.82, 2.24) is 5.32 Å². The molecular formula is C14H16BrClINO. The lowest BCUT2D eigenvalue weighted by atomic mass is 10.1. The van der Waals surface area contributed by atoms with Crippen LogP contribution in [-0.4, -0.2) is 16.8 Å². The summed E-state index contributed by atoms with van der Waals surface area (Å²) >= 11 is 11.9. The normalized spacial score (nSPS) is 23.7. The summed E-state index contributed by atoms with van der Waals surface area (Å²) < 4.78 is 0.962. The van der Waals surface area contributed by atoms with Crippen LogP contribution in [0.2, 0.25) is 5.02 Å². The van der Waals surface area contributed by atoms with Crippen LogP contribution in [0.5, 0.6) is 0 Å². The van der Waals surface area contributed by atoms with Crippen LogP contribution in [0.3, 0.4) is 0 Å². The van der Waals surface area contributed by atoms with Gasteiger partial charge in [0.2, 0.25) is 0 Å². The highest BCUT2D eigenvalue weighted by Crippen LogP contribution is 2.24. The van der Waals surface area contributed by atoms with Crippen LogP contribution in [-0.2, 0) is 0 Å². The number of hydrogen-bond acceptors (Lipinski definition) is 1. The standard InChI is InChI=1S/C14H16BrClINO/c15-10-4-2-1-3-5-13(10)18-14(19)9-6-7-12(17)11(16)8-9/h6-8,10,13H,1-5H2,(H,18,19). The van der Waals surface area contributed by atoms with Gasteiger partial charge in [0.15, 0.2) is 0 Å². The number of amides is 1. The van der Waals surface area contributed by atoms with Gasteiger partial charge in [-0.25, -0.2) is 0 Å². The maximum Gasteiger partial charge on any atom is 0.251 e. The van der Waals surface area contributed by atoms with Gasteiger partial charge in [-0.15, -0.1) is 0 Å². The largest absolute Gasteiger partial charge is 0.348 e. The minimum Gasteiger partial charge on any atom is -0.348 e. The molecule has 2 atom stereocenters. The summed E-state index contributed by atoms with van der Waals surface area (Å²) in [5, 5.41) is 3.75. The van der Waals surface area contributed by atoms with Gasteiger partial charge in [-0.1, -0.05) is 46.8 Å². The Kier molecular flexibility index (Phi) is 5.96. The van der Waals surface area contributed by atoms with E-state index in [4.69, 9.17) is 11.6 Å². The first-order chi connectivity index (χ1) is 9.08. The third-order valence-electron chi connectivity index (χ3n) is 3.43. The van der Waals surface area contributed by atoms with Crippen molar-refractivity contribution in [3.63, 3.8) is 0 Å². The maximum absolute atomic E-state index is 12.2. The number of rotatable bonds is 2. The quantitative estimate of drug-likeness (QED) is 0.388. The van der Waals surface area contributed by atoms with Crippen LogP contribution >= 0.6 is 50.1 Å². The topological polar surface area (TPSA) is 29.1 Å². The fourth-order valence-corrected chi connectivity index (χ4v) is 3.55. The van der Waals surface area contributed by atoms with Crippen LogP contribution in [0, 0.1) is 3.57 Å². The van der Waals surface area contributed by atoms with Crippen LogP contribution in [0.4, 0.5) is 0 Å². The molecule has 0 aliphatic heterocycles. The molecule has 1 aromatic carbocycles. The number of carbonyl (C=O) groups excluding carboxylic acids is 1. The average Bonchev–Trinajstić information content (AvgIpc) is 2.58. The van der Waals surface area contributed by atoms with Gasteiger partial charge in [0.25, 0.3) is 5.91 Å². The van der Waals surface area contributed by atoms with Gasteiger partial charge in [0.1, 0.15) is 0 Å². The Morgan fingerprint density at radius 3 is 2.79 bits per heavy atom. The monoisotopic (exact) mass is 455 g/mol. The van der Waals surface area contributed by atoms with Gasteiger partial charge in [-0.05, 0) is 53.6 Å². The Bertz CT molecular complexity index is 469. The van der Waals surface area contributed by atoms with Gasteiger partial charge in [-0.2, -0.15) is 0 Å². The summed E-state index contributed by atoms with van der Waals surface area (Å²) in [6.45, 7) is 0. The summed E-state index contributed by atoms with van der Waals surface area (Å²) in [5.74, 6) is -0.0327. The van der Waals surface area contributed by atoms with Crippen LogP contribution in [0.1, 0.15) is 42.5 Å². The molecule has 1 aliphatic rings. The summed E-state index contributed by atoms with van der Waals surface area (Å²) in [7, 11) is 0. The third-order valence-corrected chi connectivity index (χ3v) is 6.10. The van der Waals surface area contributed by atoms with Crippen LogP contribution in [0.25, 0.3) is 0 Å². The van der Waals surface area contributed by atoms with Crippen molar-refractivity contribution in [3.05, 3.63) is 32.4 Å². The Hall–Kier alpha value is 0.190. The first kappa shape index (κ1) is 15.6. The smallest absolute Gasteiger partial charge is 0.251 e. The predicted molar refractivity (Wildman–Crippen MR) is 91.2 cm³/mol. The van der Waals surface area contributed by atoms with E-state index in [2.05, 4.69) is 43.8 Å². The molecule has 0 saturated heterocycles. The molecule has 2 unspecified atom stereocenters. The molecule has 2 rings (SSSR count). The summed E-state index contributed by atoms with van der Waals surface area (Å²) in [4.78, 5) is 12.6. The number of carbonyl (C=O) groups is 1. The van der Waals surface area contributed by atoms with Crippen molar-refractivity contribution >= 4 is 56.0 Å². The SMILES string of the molecule is O=C(NC1CCCCCC1Br)c1ccc(I)c(Cl)c1. The minimum absolute atomic E-state index is 0.0327. The molecule has 2 nitrogen and oxygen atoms in total. The van der Waals surface area contributed by atoms with Gasteiger partial charge in [0.05, 0.1) is 5.02 Å². The highest BCUT2D eigenvalue weighted by molar-refractivity contribution is 14.1. The van der Waals surface area contributed by atoms with E-state index >= 15 is 0 Å². The number of benzene rings is 1.